The smallest absolute Gasteiger partial charge is 0.355 e. The van der Waals surface area contributed by atoms with E-state index < -0.39 is 5.97 Å². The summed E-state index contributed by atoms with van der Waals surface area (Å²) in [5.41, 5.74) is 5.29. The molecule has 0 unspecified atom stereocenters. The average molecular weight is 231 g/mol. The Bertz CT molecular complexity index is 253. The third-order valence-electron chi connectivity index (χ3n) is 0.945. The van der Waals surface area contributed by atoms with Crippen molar-refractivity contribution in [1.29, 1.82) is 0 Å². The largest absolute Gasteiger partial charge is 0.476 e. The van der Waals surface area contributed by atoms with Crippen molar-refractivity contribution >= 4 is 42.1 Å². The van der Waals surface area contributed by atoms with Gasteiger partial charge in [-0.3, -0.25) is 0 Å². The lowest BCUT2D eigenvalue weighted by Crippen LogP contribution is -1.99. The molecule has 3 N–H and O–H groups in total. The first-order valence-electron chi connectivity index (χ1n) is 2.62. The fourth-order valence-electron chi connectivity index (χ4n) is 0.503. The molecule has 0 aliphatic carbocycles. The Morgan fingerprint density at radius 1 is 1.67 bits per heavy atom. The summed E-state index contributed by atoms with van der Waals surface area (Å²) in [4.78, 5) is 14.0. The normalized spacial score (nSPS) is 8.08. The van der Waals surface area contributed by atoms with Gasteiger partial charge in [-0.05, 0) is 0 Å². The fourth-order valence-corrected chi connectivity index (χ4v) is 1.15. The third-order valence-corrected chi connectivity index (χ3v) is 1.82. The lowest BCUT2D eigenvalue weighted by atomic mass is 10.5. The highest BCUT2D eigenvalue weighted by Gasteiger charge is 2.06. The Labute approximate surface area is 85.6 Å². The van der Waals surface area contributed by atoms with Crippen molar-refractivity contribution in [2.45, 2.75) is 6.54 Å². The molecular formula is C5H8Cl2N2O2S. The van der Waals surface area contributed by atoms with E-state index in [4.69, 9.17) is 10.8 Å². The summed E-state index contributed by atoms with van der Waals surface area (Å²) in [6, 6.07) is 0. The summed E-state index contributed by atoms with van der Waals surface area (Å²) in [5, 5.41) is 10.5. The number of hydrogen-bond donors (Lipinski definition) is 2. The molecule has 0 radical (unpaired) electrons. The summed E-state index contributed by atoms with van der Waals surface area (Å²) in [5.74, 6) is -1.00. The van der Waals surface area contributed by atoms with Crippen molar-refractivity contribution in [2.75, 3.05) is 0 Å². The number of rotatable bonds is 2. The van der Waals surface area contributed by atoms with Crippen molar-refractivity contribution in [1.82, 2.24) is 4.98 Å². The fraction of sp³-hybridized carbons (Fsp3) is 0.200. The quantitative estimate of drug-likeness (QED) is 0.800. The molecule has 70 valence electrons. The Balaban J connectivity index is 0. The standard InChI is InChI=1S/C5H6N2O2S.2ClH/c6-1-4-7-3(2-10-4)5(8)9;;/h2H,1,6H2,(H,8,9);2*1H. The number of carbonyl (C=O) groups is 1. The second-order valence-electron chi connectivity index (χ2n) is 1.64. The van der Waals surface area contributed by atoms with Gasteiger partial charge in [0, 0.05) is 11.9 Å². The maximum atomic E-state index is 10.2. The number of carboxylic acids is 1. The first-order valence-corrected chi connectivity index (χ1v) is 3.49. The first-order chi connectivity index (χ1) is 4.74. The molecule has 0 saturated carbocycles. The molecule has 7 heteroatoms. The van der Waals surface area contributed by atoms with Crippen molar-refractivity contribution < 1.29 is 9.90 Å². The van der Waals surface area contributed by atoms with Crippen LogP contribution >= 0.6 is 36.2 Å². The summed E-state index contributed by atoms with van der Waals surface area (Å²) < 4.78 is 0. The van der Waals surface area contributed by atoms with Crippen molar-refractivity contribution in [2.24, 2.45) is 5.73 Å². The molecule has 1 aromatic heterocycles. The van der Waals surface area contributed by atoms with Crippen LogP contribution in [0.2, 0.25) is 0 Å². The van der Waals surface area contributed by atoms with Gasteiger partial charge < -0.3 is 10.8 Å². The van der Waals surface area contributed by atoms with Crippen LogP contribution in [0.3, 0.4) is 0 Å². The van der Waals surface area contributed by atoms with Crippen LogP contribution in [0.15, 0.2) is 5.38 Å². The predicted octanol–water partition coefficient (Wildman–Crippen LogP) is 1.14. The lowest BCUT2D eigenvalue weighted by molar-refractivity contribution is 0.0691. The van der Waals surface area contributed by atoms with E-state index in [1.54, 1.807) is 0 Å². The van der Waals surface area contributed by atoms with Gasteiger partial charge in [-0.1, -0.05) is 0 Å². The van der Waals surface area contributed by atoms with Crippen molar-refractivity contribution in [3.05, 3.63) is 16.1 Å². The van der Waals surface area contributed by atoms with E-state index in [1.165, 1.54) is 16.7 Å². The molecule has 1 aromatic rings. The van der Waals surface area contributed by atoms with Crippen LogP contribution in [0.25, 0.3) is 0 Å². The molecule has 0 fully saturated rings. The molecule has 0 aliphatic heterocycles. The molecule has 0 spiro atoms. The number of nitrogens with two attached hydrogens (primary N) is 1. The number of thiazole rings is 1. The SMILES string of the molecule is Cl.Cl.NCc1nc(C(=O)O)cs1. The molecule has 0 bridgehead atoms. The molecule has 0 aromatic carbocycles. The minimum absolute atomic E-state index is 0. The van der Waals surface area contributed by atoms with Gasteiger partial charge in [0.25, 0.3) is 0 Å². The summed E-state index contributed by atoms with van der Waals surface area (Å²) in [6.45, 7) is 0.304. The molecule has 0 amide bonds. The Kier molecular flexibility index (Phi) is 7.31. The first kappa shape index (κ1) is 14.2. The van der Waals surface area contributed by atoms with E-state index in [0.29, 0.717) is 11.6 Å². The number of nitrogens with zero attached hydrogens (tertiary/aromatic N) is 1. The molecule has 1 rings (SSSR count). The minimum atomic E-state index is -1.00. The van der Waals surface area contributed by atoms with Gasteiger partial charge >= 0.3 is 5.97 Å². The molecule has 0 aliphatic rings. The number of hydrogen-bond acceptors (Lipinski definition) is 4. The maximum Gasteiger partial charge on any atom is 0.355 e. The van der Waals surface area contributed by atoms with Gasteiger partial charge in [0.1, 0.15) is 5.01 Å². The molecule has 12 heavy (non-hydrogen) atoms. The highest BCUT2D eigenvalue weighted by Crippen LogP contribution is 2.07. The van der Waals surface area contributed by atoms with Crippen LogP contribution in [0.1, 0.15) is 15.5 Å². The monoisotopic (exact) mass is 230 g/mol. The Morgan fingerprint density at radius 3 is 2.50 bits per heavy atom. The zero-order valence-corrected chi connectivity index (χ0v) is 8.34. The van der Waals surface area contributed by atoms with Crippen LogP contribution in [-0.4, -0.2) is 16.1 Å². The van der Waals surface area contributed by atoms with Gasteiger partial charge in [0.05, 0.1) is 0 Å². The zero-order chi connectivity index (χ0) is 7.56. The predicted molar refractivity (Wildman–Crippen MR) is 51.5 cm³/mol. The lowest BCUT2D eigenvalue weighted by Gasteiger charge is -1.82. The van der Waals surface area contributed by atoms with E-state index in [1.807, 2.05) is 0 Å². The minimum Gasteiger partial charge on any atom is -0.476 e. The van der Waals surface area contributed by atoms with E-state index in [9.17, 15) is 4.79 Å². The molecular weight excluding hydrogens is 223 g/mol. The molecule has 0 saturated heterocycles. The van der Waals surface area contributed by atoms with Gasteiger partial charge in [-0.15, -0.1) is 36.2 Å². The summed E-state index contributed by atoms with van der Waals surface area (Å²) in [7, 11) is 0. The van der Waals surface area contributed by atoms with E-state index in [0.717, 1.165) is 0 Å². The zero-order valence-electron chi connectivity index (χ0n) is 5.89. The third kappa shape index (κ3) is 3.36. The number of carboxylic acid groups (broad SMARTS) is 1. The van der Waals surface area contributed by atoms with Crippen LogP contribution in [0, 0.1) is 0 Å². The Hall–Kier alpha value is -0.360. The average Bonchev–Trinajstić information content (AvgIpc) is 2.34. The van der Waals surface area contributed by atoms with Gasteiger partial charge in [-0.2, -0.15) is 0 Å². The van der Waals surface area contributed by atoms with Crippen molar-refractivity contribution in [3.63, 3.8) is 0 Å². The highest BCUT2D eigenvalue weighted by atomic mass is 35.5. The molecule has 1 heterocycles. The highest BCUT2D eigenvalue weighted by molar-refractivity contribution is 7.09. The number of aromatic nitrogens is 1. The van der Waals surface area contributed by atoms with Crippen LogP contribution in [-0.2, 0) is 6.54 Å². The van der Waals surface area contributed by atoms with Gasteiger partial charge in [0.2, 0.25) is 0 Å². The van der Waals surface area contributed by atoms with Crippen LogP contribution < -0.4 is 5.73 Å². The van der Waals surface area contributed by atoms with E-state index in [-0.39, 0.29) is 30.5 Å². The maximum absolute atomic E-state index is 10.2. The summed E-state index contributed by atoms with van der Waals surface area (Å²) in [6.07, 6.45) is 0. The Morgan fingerprint density at radius 2 is 2.25 bits per heavy atom. The second-order valence-corrected chi connectivity index (χ2v) is 2.58. The molecule has 0 atom stereocenters. The summed E-state index contributed by atoms with van der Waals surface area (Å²) >= 11 is 1.26. The number of aromatic carboxylic acids is 1. The number of halogens is 2. The van der Waals surface area contributed by atoms with Crippen LogP contribution in [0.4, 0.5) is 0 Å². The van der Waals surface area contributed by atoms with E-state index in [2.05, 4.69) is 4.98 Å². The molecule has 4 nitrogen and oxygen atoms in total. The van der Waals surface area contributed by atoms with Crippen LogP contribution in [0.5, 0.6) is 0 Å². The van der Waals surface area contributed by atoms with E-state index >= 15 is 0 Å². The van der Waals surface area contributed by atoms with Gasteiger partial charge in [0.15, 0.2) is 5.69 Å². The van der Waals surface area contributed by atoms with Crippen molar-refractivity contribution in [3.8, 4) is 0 Å². The second kappa shape index (κ2) is 6.19. The topological polar surface area (TPSA) is 76.2 Å². The van der Waals surface area contributed by atoms with Gasteiger partial charge in [-0.25, -0.2) is 9.78 Å².